The molecule has 1 aromatic heterocycles. The van der Waals surface area contributed by atoms with Gasteiger partial charge in [-0.2, -0.15) is 0 Å². The van der Waals surface area contributed by atoms with Crippen LogP contribution in [0.3, 0.4) is 0 Å². The summed E-state index contributed by atoms with van der Waals surface area (Å²) in [7, 11) is 0. The van der Waals surface area contributed by atoms with Crippen molar-refractivity contribution in [3.8, 4) is 0 Å². The standard InChI is InChI=1S/C19H23N5O4/c1-13-11-23(5-6-28-13)12-15-4-2-3-14(7-15)9-21-19-17(18(20)25)8-16(10-22-19)24(26)27/h2-4,7-8,10,13H,5-6,9,11-12H2,1H3,(H2,20,25)(H,21,22). The zero-order valence-electron chi connectivity index (χ0n) is 15.6. The Morgan fingerprint density at radius 2 is 2.21 bits per heavy atom. The number of aromatic nitrogens is 1. The maximum atomic E-state index is 11.6. The van der Waals surface area contributed by atoms with Crippen LogP contribution in [0, 0.1) is 10.1 Å². The number of anilines is 1. The number of amides is 1. The number of nitrogens with one attached hydrogen (secondary N) is 1. The third-order valence-corrected chi connectivity index (χ3v) is 4.53. The number of hydrogen-bond donors (Lipinski definition) is 2. The fraction of sp³-hybridized carbons (Fsp3) is 0.368. The van der Waals surface area contributed by atoms with Crippen molar-refractivity contribution in [3.63, 3.8) is 0 Å². The number of morpholine rings is 1. The van der Waals surface area contributed by atoms with Crippen LogP contribution in [0.1, 0.15) is 28.4 Å². The molecule has 9 heteroatoms. The van der Waals surface area contributed by atoms with Crippen LogP contribution in [0.25, 0.3) is 0 Å². The van der Waals surface area contributed by atoms with E-state index >= 15 is 0 Å². The highest BCUT2D eigenvalue weighted by Gasteiger charge is 2.17. The molecule has 28 heavy (non-hydrogen) atoms. The molecule has 1 atom stereocenters. The SMILES string of the molecule is CC1CN(Cc2cccc(CNc3ncc([N+](=O)[O-])cc3C(N)=O)c2)CCO1. The number of nitrogens with zero attached hydrogens (tertiary/aromatic N) is 3. The van der Waals surface area contributed by atoms with Crippen molar-refractivity contribution in [3.05, 3.63) is 63.3 Å². The Morgan fingerprint density at radius 3 is 2.93 bits per heavy atom. The molecule has 1 amide bonds. The summed E-state index contributed by atoms with van der Waals surface area (Å²) in [4.78, 5) is 28.2. The van der Waals surface area contributed by atoms with Crippen LogP contribution in [0.15, 0.2) is 36.5 Å². The second kappa shape index (κ2) is 8.77. The van der Waals surface area contributed by atoms with E-state index in [1.54, 1.807) is 0 Å². The molecule has 0 spiro atoms. The molecule has 9 nitrogen and oxygen atoms in total. The predicted octanol–water partition coefficient (Wildman–Crippen LogP) is 1.92. The summed E-state index contributed by atoms with van der Waals surface area (Å²) in [6.07, 6.45) is 1.34. The van der Waals surface area contributed by atoms with Crippen molar-refractivity contribution < 1.29 is 14.5 Å². The molecule has 1 aliphatic rings. The van der Waals surface area contributed by atoms with Crippen LogP contribution in [0.4, 0.5) is 11.5 Å². The maximum Gasteiger partial charge on any atom is 0.288 e. The van der Waals surface area contributed by atoms with E-state index in [-0.39, 0.29) is 23.2 Å². The Balaban J connectivity index is 1.68. The van der Waals surface area contributed by atoms with Crippen molar-refractivity contribution in [2.45, 2.75) is 26.1 Å². The second-order valence-corrected chi connectivity index (χ2v) is 6.80. The summed E-state index contributed by atoms with van der Waals surface area (Å²) in [6.45, 7) is 5.87. The van der Waals surface area contributed by atoms with Crippen LogP contribution < -0.4 is 11.1 Å². The molecular formula is C19H23N5O4. The molecule has 1 saturated heterocycles. The molecule has 1 aliphatic heterocycles. The Bertz CT molecular complexity index is 873. The summed E-state index contributed by atoms with van der Waals surface area (Å²) in [6, 6.07) is 9.24. The molecule has 148 valence electrons. The molecular weight excluding hydrogens is 362 g/mol. The first-order valence-corrected chi connectivity index (χ1v) is 9.02. The van der Waals surface area contributed by atoms with Gasteiger partial charge in [-0.3, -0.25) is 19.8 Å². The molecule has 0 saturated carbocycles. The van der Waals surface area contributed by atoms with Gasteiger partial charge in [0, 0.05) is 32.2 Å². The molecule has 0 radical (unpaired) electrons. The van der Waals surface area contributed by atoms with Gasteiger partial charge in [-0.25, -0.2) is 4.98 Å². The van der Waals surface area contributed by atoms with E-state index in [4.69, 9.17) is 10.5 Å². The van der Waals surface area contributed by atoms with Crippen molar-refractivity contribution in [1.82, 2.24) is 9.88 Å². The summed E-state index contributed by atoms with van der Waals surface area (Å²) in [5.41, 5.74) is 7.24. The number of pyridine rings is 1. The van der Waals surface area contributed by atoms with Gasteiger partial charge in [0.25, 0.3) is 11.6 Å². The van der Waals surface area contributed by atoms with E-state index in [0.717, 1.165) is 44.1 Å². The van der Waals surface area contributed by atoms with Crippen molar-refractivity contribution >= 4 is 17.4 Å². The molecule has 1 aromatic carbocycles. The van der Waals surface area contributed by atoms with Crippen LogP contribution in [-0.2, 0) is 17.8 Å². The lowest BCUT2D eigenvalue weighted by atomic mass is 10.1. The normalized spacial score (nSPS) is 17.2. The first-order valence-electron chi connectivity index (χ1n) is 9.02. The minimum Gasteiger partial charge on any atom is -0.376 e. The monoisotopic (exact) mass is 385 g/mol. The predicted molar refractivity (Wildman–Crippen MR) is 104 cm³/mol. The summed E-state index contributed by atoms with van der Waals surface area (Å²) < 4.78 is 5.57. The zero-order chi connectivity index (χ0) is 20.1. The minimum absolute atomic E-state index is 0.00680. The highest BCUT2D eigenvalue weighted by Crippen LogP contribution is 2.20. The topological polar surface area (TPSA) is 124 Å². The minimum atomic E-state index is -0.770. The third-order valence-electron chi connectivity index (χ3n) is 4.53. The number of nitrogens with two attached hydrogens (primary N) is 1. The average molecular weight is 385 g/mol. The molecule has 2 aromatic rings. The van der Waals surface area contributed by atoms with Crippen LogP contribution in [0.2, 0.25) is 0 Å². The fourth-order valence-corrected chi connectivity index (χ4v) is 3.20. The molecule has 0 bridgehead atoms. The van der Waals surface area contributed by atoms with Gasteiger partial charge in [0.2, 0.25) is 0 Å². The molecule has 2 heterocycles. The third kappa shape index (κ3) is 5.02. The van der Waals surface area contributed by atoms with E-state index in [1.165, 1.54) is 5.56 Å². The number of carbonyl (C=O) groups is 1. The first-order chi connectivity index (χ1) is 13.4. The number of benzene rings is 1. The van der Waals surface area contributed by atoms with E-state index in [2.05, 4.69) is 34.3 Å². The average Bonchev–Trinajstić information content (AvgIpc) is 2.66. The number of ether oxygens (including phenoxy) is 1. The Hall–Kier alpha value is -3.04. The van der Waals surface area contributed by atoms with Crippen LogP contribution in [-0.4, -0.2) is 46.5 Å². The van der Waals surface area contributed by atoms with E-state index in [0.29, 0.717) is 6.54 Å². The number of primary amides is 1. The highest BCUT2D eigenvalue weighted by atomic mass is 16.6. The molecule has 1 fully saturated rings. The van der Waals surface area contributed by atoms with E-state index < -0.39 is 10.8 Å². The molecule has 3 rings (SSSR count). The molecule has 0 aliphatic carbocycles. The van der Waals surface area contributed by atoms with E-state index in [9.17, 15) is 14.9 Å². The summed E-state index contributed by atoms with van der Waals surface area (Å²) in [5.74, 6) is -0.542. The van der Waals surface area contributed by atoms with Gasteiger partial charge in [-0.1, -0.05) is 24.3 Å². The Kier molecular flexibility index (Phi) is 6.17. The van der Waals surface area contributed by atoms with Crippen molar-refractivity contribution in [1.29, 1.82) is 0 Å². The number of hydrogen-bond acceptors (Lipinski definition) is 7. The zero-order valence-corrected chi connectivity index (χ0v) is 15.6. The largest absolute Gasteiger partial charge is 0.376 e. The second-order valence-electron chi connectivity index (χ2n) is 6.80. The summed E-state index contributed by atoms with van der Waals surface area (Å²) >= 11 is 0. The quantitative estimate of drug-likeness (QED) is 0.551. The van der Waals surface area contributed by atoms with Gasteiger partial charge >= 0.3 is 0 Å². The van der Waals surface area contributed by atoms with E-state index in [1.807, 2.05) is 12.1 Å². The van der Waals surface area contributed by atoms with Gasteiger partial charge in [-0.05, 0) is 18.1 Å². The van der Waals surface area contributed by atoms with Crippen LogP contribution in [0.5, 0.6) is 0 Å². The fourth-order valence-electron chi connectivity index (χ4n) is 3.20. The smallest absolute Gasteiger partial charge is 0.288 e. The first kappa shape index (κ1) is 19.7. The number of carbonyl (C=O) groups excluding carboxylic acids is 1. The van der Waals surface area contributed by atoms with Gasteiger partial charge in [-0.15, -0.1) is 0 Å². The molecule has 3 N–H and O–H groups in total. The molecule has 1 unspecified atom stereocenters. The van der Waals surface area contributed by atoms with Gasteiger partial charge in [0.1, 0.15) is 12.0 Å². The van der Waals surface area contributed by atoms with Gasteiger partial charge in [0.15, 0.2) is 0 Å². The number of nitro groups is 1. The lowest BCUT2D eigenvalue weighted by Crippen LogP contribution is -2.40. The van der Waals surface area contributed by atoms with Gasteiger partial charge in [0.05, 0.1) is 23.2 Å². The lowest BCUT2D eigenvalue weighted by molar-refractivity contribution is -0.385. The maximum absolute atomic E-state index is 11.6. The van der Waals surface area contributed by atoms with Gasteiger partial charge < -0.3 is 15.8 Å². The van der Waals surface area contributed by atoms with Crippen molar-refractivity contribution in [2.75, 3.05) is 25.0 Å². The lowest BCUT2D eigenvalue weighted by Gasteiger charge is -2.31. The number of rotatable bonds is 7. The summed E-state index contributed by atoms with van der Waals surface area (Å²) in [5, 5.41) is 13.9. The Labute approximate surface area is 162 Å². The Morgan fingerprint density at radius 1 is 1.43 bits per heavy atom. The highest BCUT2D eigenvalue weighted by molar-refractivity contribution is 5.98. The van der Waals surface area contributed by atoms with Crippen molar-refractivity contribution in [2.24, 2.45) is 5.73 Å². The van der Waals surface area contributed by atoms with Crippen LogP contribution >= 0.6 is 0 Å².